The third-order valence-corrected chi connectivity index (χ3v) is 6.55. The van der Waals surface area contributed by atoms with E-state index in [1.807, 2.05) is 11.8 Å². The molecule has 0 aromatic carbocycles. The van der Waals surface area contributed by atoms with Gasteiger partial charge in [0.25, 0.3) is 0 Å². The van der Waals surface area contributed by atoms with Crippen LogP contribution in [0.25, 0.3) is 0 Å². The Morgan fingerprint density at radius 1 is 1.20 bits per heavy atom. The first-order valence-electron chi connectivity index (χ1n) is 8.33. The average molecular weight is 296 g/mol. The van der Waals surface area contributed by atoms with Gasteiger partial charge >= 0.3 is 0 Å². The van der Waals surface area contributed by atoms with Crippen LogP contribution in [0.5, 0.6) is 0 Å². The molecule has 3 aliphatic rings. The number of rotatable bonds is 3. The van der Waals surface area contributed by atoms with Gasteiger partial charge in [-0.2, -0.15) is 0 Å². The van der Waals surface area contributed by atoms with Crippen LogP contribution in [0.2, 0.25) is 0 Å². The maximum absolute atomic E-state index is 5.48. The Hall–Kier alpha value is -0.220. The van der Waals surface area contributed by atoms with Crippen molar-refractivity contribution in [1.29, 1.82) is 0 Å². The molecule has 1 spiro atoms. The molecule has 114 valence electrons. The van der Waals surface area contributed by atoms with Crippen molar-refractivity contribution >= 4 is 16.9 Å². The Morgan fingerprint density at radius 2 is 1.90 bits per heavy atom. The van der Waals surface area contributed by atoms with Crippen molar-refractivity contribution in [3.05, 3.63) is 0 Å². The summed E-state index contributed by atoms with van der Waals surface area (Å²) in [7, 11) is 0. The molecule has 0 amide bonds. The van der Waals surface area contributed by atoms with E-state index in [0.29, 0.717) is 5.54 Å². The van der Waals surface area contributed by atoms with Gasteiger partial charge in [0.05, 0.1) is 5.54 Å². The number of hydrogen-bond acceptors (Lipinski definition) is 3. The Kier molecular flexibility index (Phi) is 4.92. The van der Waals surface area contributed by atoms with Crippen molar-refractivity contribution in [2.75, 3.05) is 25.5 Å². The van der Waals surface area contributed by atoms with E-state index in [-0.39, 0.29) is 0 Å². The lowest BCUT2D eigenvalue weighted by molar-refractivity contribution is 0.0555. The summed E-state index contributed by atoms with van der Waals surface area (Å²) in [5.74, 6) is 3.00. The lowest BCUT2D eigenvalue weighted by Gasteiger charge is -2.32. The average Bonchev–Trinajstić information content (AvgIpc) is 2.89. The molecule has 2 saturated heterocycles. The summed E-state index contributed by atoms with van der Waals surface area (Å²) in [5, 5.41) is 4.90. The van der Waals surface area contributed by atoms with Gasteiger partial charge in [0.15, 0.2) is 5.17 Å². The minimum Gasteiger partial charge on any atom is -0.381 e. The highest BCUT2D eigenvalue weighted by Crippen LogP contribution is 2.33. The van der Waals surface area contributed by atoms with Crippen molar-refractivity contribution < 1.29 is 4.74 Å². The molecule has 20 heavy (non-hydrogen) atoms. The van der Waals surface area contributed by atoms with Gasteiger partial charge in [-0.3, -0.25) is 4.99 Å². The van der Waals surface area contributed by atoms with Crippen LogP contribution in [0.1, 0.15) is 51.9 Å². The highest BCUT2D eigenvalue weighted by molar-refractivity contribution is 8.14. The monoisotopic (exact) mass is 296 g/mol. The summed E-state index contributed by atoms with van der Waals surface area (Å²) in [6.07, 6.45) is 9.27. The number of hydrogen-bond donors (Lipinski definition) is 1. The predicted molar refractivity (Wildman–Crippen MR) is 86.4 cm³/mol. The van der Waals surface area contributed by atoms with Gasteiger partial charge in [0.2, 0.25) is 0 Å². The van der Waals surface area contributed by atoms with Crippen molar-refractivity contribution in [3.63, 3.8) is 0 Å². The Labute approximate surface area is 127 Å². The fraction of sp³-hybridized carbons (Fsp3) is 0.938. The van der Waals surface area contributed by atoms with Crippen molar-refractivity contribution in [2.45, 2.75) is 57.4 Å². The van der Waals surface area contributed by atoms with Crippen LogP contribution in [-0.2, 0) is 4.74 Å². The molecule has 1 saturated carbocycles. The Bertz CT molecular complexity index is 344. The van der Waals surface area contributed by atoms with Crippen molar-refractivity contribution in [3.8, 4) is 0 Å². The highest BCUT2D eigenvalue weighted by Gasteiger charge is 2.38. The summed E-state index contributed by atoms with van der Waals surface area (Å²) < 4.78 is 5.48. The molecule has 3 fully saturated rings. The molecule has 0 radical (unpaired) electrons. The van der Waals surface area contributed by atoms with Crippen LogP contribution < -0.4 is 5.32 Å². The molecular formula is C16H28N2OS. The molecule has 0 aromatic heterocycles. The molecule has 3 rings (SSSR count). The second-order valence-corrected chi connectivity index (χ2v) is 7.71. The smallest absolute Gasteiger partial charge is 0.157 e. The molecule has 1 aliphatic carbocycles. The van der Waals surface area contributed by atoms with E-state index >= 15 is 0 Å². The van der Waals surface area contributed by atoms with E-state index in [1.54, 1.807) is 0 Å². The minimum atomic E-state index is 0.293. The van der Waals surface area contributed by atoms with Crippen molar-refractivity contribution in [2.24, 2.45) is 16.8 Å². The standard InChI is InChI=1S/C16H28N2OS/c1-2-13-3-5-14(6-4-13)11-17-15-18-16(12-20-15)7-9-19-10-8-16/h13-14H,2-12H2,1H3,(H,17,18). The molecule has 0 unspecified atom stereocenters. The zero-order valence-electron chi connectivity index (χ0n) is 12.7. The SMILES string of the molecule is CCC1CCC(CN=C2NC3(CCOCC3)CS2)CC1. The fourth-order valence-corrected chi connectivity index (χ4v) is 4.88. The van der Waals surface area contributed by atoms with Crippen LogP contribution >= 0.6 is 11.8 Å². The van der Waals surface area contributed by atoms with Gasteiger partial charge < -0.3 is 10.1 Å². The fourth-order valence-electron chi connectivity index (χ4n) is 3.66. The first-order chi connectivity index (χ1) is 9.80. The highest BCUT2D eigenvalue weighted by atomic mass is 32.2. The predicted octanol–water partition coefficient (Wildman–Crippen LogP) is 3.44. The molecule has 1 N–H and O–H groups in total. The van der Waals surface area contributed by atoms with Crippen LogP contribution in [-0.4, -0.2) is 36.2 Å². The molecule has 0 bridgehead atoms. The van der Waals surface area contributed by atoms with Gasteiger partial charge in [0, 0.05) is 25.5 Å². The Morgan fingerprint density at radius 3 is 2.60 bits per heavy atom. The second kappa shape index (κ2) is 6.69. The number of nitrogens with zero attached hydrogens (tertiary/aromatic N) is 1. The lowest BCUT2D eigenvalue weighted by Crippen LogP contribution is -2.48. The normalized spacial score (nSPS) is 35.4. The third kappa shape index (κ3) is 3.51. The van der Waals surface area contributed by atoms with Gasteiger partial charge in [0.1, 0.15) is 0 Å². The van der Waals surface area contributed by atoms with Crippen LogP contribution in [0.4, 0.5) is 0 Å². The van der Waals surface area contributed by atoms with E-state index in [9.17, 15) is 0 Å². The summed E-state index contributed by atoms with van der Waals surface area (Å²) in [5.41, 5.74) is 0.293. The van der Waals surface area contributed by atoms with Crippen LogP contribution in [0.3, 0.4) is 0 Å². The number of amidine groups is 1. The van der Waals surface area contributed by atoms with Crippen molar-refractivity contribution in [1.82, 2.24) is 5.32 Å². The summed E-state index contributed by atoms with van der Waals surface area (Å²) in [4.78, 5) is 4.87. The molecule has 0 aromatic rings. The van der Waals surface area contributed by atoms with E-state index in [2.05, 4.69) is 12.2 Å². The first kappa shape index (κ1) is 14.7. The third-order valence-electron chi connectivity index (χ3n) is 5.34. The molecular weight excluding hydrogens is 268 g/mol. The number of aliphatic imine (C=N–C) groups is 1. The zero-order valence-corrected chi connectivity index (χ0v) is 13.5. The maximum atomic E-state index is 5.48. The second-order valence-electron chi connectivity index (χ2n) is 6.75. The minimum absolute atomic E-state index is 0.293. The summed E-state index contributed by atoms with van der Waals surface area (Å²) >= 11 is 1.92. The number of thioether (sulfide) groups is 1. The molecule has 3 nitrogen and oxygen atoms in total. The summed E-state index contributed by atoms with van der Waals surface area (Å²) in [6.45, 7) is 5.18. The molecule has 4 heteroatoms. The van der Waals surface area contributed by atoms with Gasteiger partial charge in [-0.1, -0.05) is 37.9 Å². The maximum Gasteiger partial charge on any atom is 0.157 e. The zero-order chi connectivity index (χ0) is 13.8. The summed E-state index contributed by atoms with van der Waals surface area (Å²) in [6, 6.07) is 0. The van der Waals surface area contributed by atoms with Crippen LogP contribution in [0.15, 0.2) is 4.99 Å². The van der Waals surface area contributed by atoms with E-state index in [1.165, 1.54) is 43.0 Å². The number of ether oxygens (including phenoxy) is 1. The van der Waals surface area contributed by atoms with Gasteiger partial charge in [-0.15, -0.1) is 0 Å². The molecule has 2 aliphatic heterocycles. The Balaban J connectivity index is 1.46. The molecule has 0 atom stereocenters. The van der Waals surface area contributed by atoms with E-state index in [4.69, 9.17) is 9.73 Å². The first-order valence-corrected chi connectivity index (χ1v) is 9.31. The molecule has 2 heterocycles. The van der Waals surface area contributed by atoms with Crippen LogP contribution in [0, 0.1) is 11.8 Å². The quantitative estimate of drug-likeness (QED) is 0.866. The largest absolute Gasteiger partial charge is 0.381 e. The van der Waals surface area contributed by atoms with Gasteiger partial charge in [-0.05, 0) is 37.5 Å². The topological polar surface area (TPSA) is 33.6 Å². The van der Waals surface area contributed by atoms with Gasteiger partial charge in [-0.25, -0.2) is 0 Å². The van der Waals surface area contributed by atoms with E-state index in [0.717, 1.165) is 44.4 Å². The van der Waals surface area contributed by atoms with E-state index < -0.39 is 0 Å². The number of nitrogens with one attached hydrogen (secondary N) is 1. The lowest BCUT2D eigenvalue weighted by atomic mass is 9.81.